The fraction of sp³-hybridized carbons (Fsp3) is 0.714. The number of nitrogens with zero attached hydrogens (tertiary/aromatic N) is 3. The van der Waals surface area contributed by atoms with Crippen molar-refractivity contribution in [2.45, 2.75) is 25.8 Å². The van der Waals surface area contributed by atoms with Gasteiger partial charge in [0.1, 0.15) is 5.82 Å². The quantitative estimate of drug-likeness (QED) is 0.678. The monoisotopic (exact) mass is 152 g/mol. The average Bonchev–Trinajstić information content (AvgIpc) is 2.74. The number of aromatic nitrogens is 3. The van der Waals surface area contributed by atoms with Crippen molar-refractivity contribution in [3.05, 3.63) is 5.82 Å². The van der Waals surface area contributed by atoms with Crippen molar-refractivity contribution in [2.75, 3.05) is 5.32 Å². The van der Waals surface area contributed by atoms with Gasteiger partial charge in [0.2, 0.25) is 5.95 Å². The maximum atomic E-state index is 4.00. The number of hydrogen-bond donors (Lipinski definition) is 1. The van der Waals surface area contributed by atoms with E-state index in [2.05, 4.69) is 15.5 Å². The number of nitrogens with one attached hydrogen (secondary N) is 1. The number of anilines is 1. The third kappa shape index (κ3) is 1.20. The minimum Gasteiger partial charge on any atom is -0.352 e. The summed E-state index contributed by atoms with van der Waals surface area (Å²) < 4.78 is 1.97. The second-order valence-corrected chi connectivity index (χ2v) is 3.05. The van der Waals surface area contributed by atoms with E-state index in [4.69, 9.17) is 0 Å². The van der Waals surface area contributed by atoms with Crippen LogP contribution in [-0.2, 0) is 7.05 Å². The van der Waals surface area contributed by atoms with E-state index in [1.54, 1.807) is 0 Å². The molecule has 0 bridgehead atoms. The molecular weight excluding hydrogens is 140 g/mol. The molecule has 1 aromatic heterocycles. The highest BCUT2D eigenvalue weighted by Crippen LogP contribution is 2.23. The highest BCUT2D eigenvalue weighted by Gasteiger charge is 2.22. The summed E-state index contributed by atoms with van der Waals surface area (Å²) in [7, 11) is 1.97. The van der Waals surface area contributed by atoms with Gasteiger partial charge in [-0.1, -0.05) is 0 Å². The molecule has 0 aliphatic heterocycles. The Balaban J connectivity index is 2.15. The molecule has 11 heavy (non-hydrogen) atoms. The lowest BCUT2D eigenvalue weighted by molar-refractivity contribution is 0.853. The predicted molar refractivity (Wildman–Crippen MR) is 42.4 cm³/mol. The van der Waals surface area contributed by atoms with Gasteiger partial charge in [-0.25, -0.2) is 0 Å². The van der Waals surface area contributed by atoms with E-state index in [9.17, 15) is 0 Å². The second-order valence-electron chi connectivity index (χ2n) is 3.05. The Morgan fingerprint density at radius 3 is 2.64 bits per heavy atom. The molecule has 1 aromatic rings. The molecule has 0 radical (unpaired) electrons. The van der Waals surface area contributed by atoms with Crippen LogP contribution in [0.5, 0.6) is 0 Å². The molecule has 1 saturated carbocycles. The van der Waals surface area contributed by atoms with Crippen LogP contribution in [0.25, 0.3) is 0 Å². The van der Waals surface area contributed by atoms with E-state index in [1.807, 2.05) is 18.5 Å². The standard InChI is InChI=1S/C7H12N4/c1-5-9-10-7(11(5)2)8-6-3-4-6/h6H,3-4H2,1-2H3,(H,8,10). The lowest BCUT2D eigenvalue weighted by Crippen LogP contribution is -2.07. The number of rotatable bonds is 2. The molecule has 0 saturated heterocycles. The van der Waals surface area contributed by atoms with E-state index >= 15 is 0 Å². The summed E-state index contributed by atoms with van der Waals surface area (Å²) in [4.78, 5) is 0. The molecule has 1 fully saturated rings. The fourth-order valence-corrected chi connectivity index (χ4v) is 0.943. The van der Waals surface area contributed by atoms with E-state index < -0.39 is 0 Å². The van der Waals surface area contributed by atoms with Crippen LogP contribution >= 0.6 is 0 Å². The van der Waals surface area contributed by atoms with Crippen LogP contribution in [0, 0.1) is 6.92 Å². The largest absolute Gasteiger partial charge is 0.352 e. The predicted octanol–water partition coefficient (Wildman–Crippen LogP) is 0.698. The van der Waals surface area contributed by atoms with E-state index in [-0.39, 0.29) is 0 Å². The van der Waals surface area contributed by atoms with Crippen molar-refractivity contribution in [1.82, 2.24) is 14.8 Å². The van der Waals surface area contributed by atoms with Crippen LogP contribution in [0.15, 0.2) is 0 Å². The third-order valence-corrected chi connectivity index (χ3v) is 2.00. The van der Waals surface area contributed by atoms with Crippen molar-refractivity contribution in [3.8, 4) is 0 Å². The van der Waals surface area contributed by atoms with Crippen molar-refractivity contribution < 1.29 is 0 Å². The SMILES string of the molecule is Cc1nnc(NC2CC2)n1C. The maximum Gasteiger partial charge on any atom is 0.224 e. The van der Waals surface area contributed by atoms with Crippen molar-refractivity contribution in [2.24, 2.45) is 7.05 Å². The Bertz CT molecular complexity index is 261. The van der Waals surface area contributed by atoms with Gasteiger partial charge >= 0.3 is 0 Å². The van der Waals surface area contributed by atoms with Crippen LogP contribution in [0.3, 0.4) is 0 Å². The smallest absolute Gasteiger partial charge is 0.224 e. The number of aryl methyl sites for hydroxylation is 1. The molecule has 0 amide bonds. The van der Waals surface area contributed by atoms with Crippen LogP contribution in [0.2, 0.25) is 0 Å². The van der Waals surface area contributed by atoms with Gasteiger partial charge < -0.3 is 9.88 Å². The fourth-order valence-electron chi connectivity index (χ4n) is 0.943. The second kappa shape index (κ2) is 2.22. The van der Waals surface area contributed by atoms with Crippen LogP contribution in [0.4, 0.5) is 5.95 Å². The lowest BCUT2D eigenvalue weighted by Gasteiger charge is -2.01. The topological polar surface area (TPSA) is 42.7 Å². The molecule has 1 heterocycles. The first-order valence-electron chi connectivity index (χ1n) is 3.90. The highest BCUT2D eigenvalue weighted by molar-refractivity contribution is 5.28. The van der Waals surface area contributed by atoms with Gasteiger partial charge in [0.15, 0.2) is 0 Å². The van der Waals surface area contributed by atoms with Gasteiger partial charge in [-0.3, -0.25) is 0 Å². The maximum absolute atomic E-state index is 4.00. The van der Waals surface area contributed by atoms with Crippen LogP contribution in [0.1, 0.15) is 18.7 Å². The molecular formula is C7H12N4. The van der Waals surface area contributed by atoms with Gasteiger partial charge in [-0.2, -0.15) is 0 Å². The summed E-state index contributed by atoms with van der Waals surface area (Å²) >= 11 is 0. The third-order valence-electron chi connectivity index (χ3n) is 2.00. The zero-order chi connectivity index (χ0) is 7.84. The first-order valence-corrected chi connectivity index (χ1v) is 3.90. The van der Waals surface area contributed by atoms with Crippen LogP contribution in [-0.4, -0.2) is 20.8 Å². The van der Waals surface area contributed by atoms with E-state index in [1.165, 1.54) is 12.8 Å². The Kier molecular flexibility index (Phi) is 1.34. The molecule has 1 N–H and O–H groups in total. The van der Waals surface area contributed by atoms with Crippen molar-refractivity contribution in [1.29, 1.82) is 0 Å². The molecule has 2 rings (SSSR count). The Morgan fingerprint density at radius 2 is 2.18 bits per heavy atom. The Morgan fingerprint density at radius 1 is 1.45 bits per heavy atom. The van der Waals surface area contributed by atoms with Crippen molar-refractivity contribution >= 4 is 5.95 Å². The summed E-state index contributed by atoms with van der Waals surface area (Å²) in [5.74, 6) is 1.85. The molecule has 0 unspecified atom stereocenters. The van der Waals surface area contributed by atoms with Gasteiger partial charge in [-0.05, 0) is 19.8 Å². The van der Waals surface area contributed by atoms with E-state index in [0.29, 0.717) is 6.04 Å². The highest BCUT2D eigenvalue weighted by atomic mass is 15.3. The summed E-state index contributed by atoms with van der Waals surface area (Å²) in [6.07, 6.45) is 2.54. The minimum absolute atomic E-state index is 0.650. The zero-order valence-corrected chi connectivity index (χ0v) is 6.83. The molecule has 0 aromatic carbocycles. The molecule has 1 aliphatic rings. The molecule has 0 atom stereocenters. The normalized spacial score (nSPS) is 16.9. The van der Waals surface area contributed by atoms with E-state index in [0.717, 1.165) is 11.8 Å². The minimum atomic E-state index is 0.650. The molecule has 4 nitrogen and oxygen atoms in total. The number of hydrogen-bond acceptors (Lipinski definition) is 3. The van der Waals surface area contributed by atoms with Crippen LogP contribution < -0.4 is 5.32 Å². The lowest BCUT2D eigenvalue weighted by atomic mass is 10.6. The summed E-state index contributed by atoms with van der Waals surface area (Å²) in [5, 5.41) is 11.2. The van der Waals surface area contributed by atoms with Gasteiger partial charge in [0, 0.05) is 13.1 Å². The molecule has 1 aliphatic carbocycles. The zero-order valence-electron chi connectivity index (χ0n) is 6.83. The van der Waals surface area contributed by atoms with Gasteiger partial charge in [0.25, 0.3) is 0 Å². The summed E-state index contributed by atoms with van der Waals surface area (Å²) in [6.45, 7) is 1.95. The first kappa shape index (κ1) is 6.64. The molecule has 0 spiro atoms. The van der Waals surface area contributed by atoms with Gasteiger partial charge in [0.05, 0.1) is 0 Å². The average molecular weight is 152 g/mol. The Hall–Kier alpha value is -1.06. The Labute approximate surface area is 65.6 Å². The first-order chi connectivity index (χ1) is 5.27. The summed E-state index contributed by atoms with van der Waals surface area (Å²) in [5.41, 5.74) is 0. The van der Waals surface area contributed by atoms with Gasteiger partial charge in [-0.15, -0.1) is 10.2 Å². The summed E-state index contributed by atoms with van der Waals surface area (Å²) in [6, 6.07) is 0.650. The van der Waals surface area contributed by atoms with Crippen molar-refractivity contribution in [3.63, 3.8) is 0 Å². The molecule has 60 valence electrons. The molecule has 4 heteroatoms.